The molecule has 0 aliphatic carbocycles. The molecule has 0 spiro atoms. The normalized spacial score (nSPS) is 10.7. The Balaban J connectivity index is 1.74. The molecule has 0 aliphatic rings. The molecule has 8 nitrogen and oxygen atoms in total. The van der Waals surface area contributed by atoms with Crippen LogP contribution >= 0.6 is 0 Å². The number of nitrogens with one attached hydrogen (secondary N) is 1. The maximum atomic E-state index is 12.8. The summed E-state index contributed by atoms with van der Waals surface area (Å²) in [5.74, 6) is 0.468. The summed E-state index contributed by atoms with van der Waals surface area (Å²) >= 11 is 0. The zero-order valence-electron chi connectivity index (χ0n) is 16.3. The SMILES string of the molecule is Cc1nc(-c2ncccn2)[nH]c(=O)c1CC(=O)N(CCN)CCc1ccccc1. The standard InChI is InChI=1S/C21H24N6O2/c1-15-17(21(29)26-20(25-15)19-23-10-5-11-24-19)14-18(28)27(13-9-22)12-8-16-6-3-2-4-7-16/h2-7,10-11H,8-9,12-14,22H2,1H3,(H,25,26,29). The fraction of sp³-hybridized carbons (Fsp3) is 0.286. The molecular formula is C21H24N6O2. The van der Waals surface area contributed by atoms with Crippen molar-refractivity contribution in [1.82, 2.24) is 24.8 Å². The molecule has 0 aliphatic heterocycles. The summed E-state index contributed by atoms with van der Waals surface area (Å²) in [5.41, 5.74) is 7.30. The van der Waals surface area contributed by atoms with Gasteiger partial charge in [-0.1, -0.05) is 30.3 Å². The highest BCUT2D eigenvalue weighted by atomic mass is 16.2. The molecule has 0 saturated heterocycles. The number of aromatic amines is 1. The van der Waals surface area contributed by atoms with Crippen LogP contribution in [0.25, 0.3) is 11.6 Å². The molecule has 8 heteroatoms. The van der Waals surface area contributed by atoms with Crippen molar-refractivity contribution in [2.45, 2.75) is 19.8 Å². The molecule has 2 aromatic heterocycles. The number of nitrogens with zero attached hydrogens (tertiary/aromatic N) is 4. The van der Waals surface area contributed by atoms with Crippen LogP contribution in [-0.2, 0) is 17.6 Å². The van der Waals surface area contributed by atoms with E-state index in [9.17, 15) is 9.59 Å². The number of hydrogen-bond acceptors (Lipinski definition) is 6. The van der Waals surface area contributed by atoms with Gasteiger partial charge in [0.15, 0.2) is 11.6 Å². The molecular weight excluding hydrogens is 368 g/mol. The first kappa shape index (κ1) is 20.3. The first-order valence-electron chi connectivity index (χ1n) is 9.47. The third-order valence-electron chi connectivity index (χ3n) is 4.59. The largest absolute Gasteiger partial charge is 0.341 e. The first-order valence-corrected chi connectivity index (χ1v) is 9.47. The van der Waals surface area contributed by atoms with E-state index in [1.807, 2.05) is 30.3 Å². The van der Waals surface area contributed by atoms with Crippen LogP contribution in [0.3, 0.4) is 0 Å². The maximum Gasteiger partial charge on any atom is 0.255 e. The fourth-order valence-corrected chi connectivity index (χ4v) is 3.03. The smallest absolute Gasteiger partial charge is 0.255 e. The van der Waals surface area contributed by atoms with Gasteiger partial charge in [-0.3, -0.25) is 9.59 Å². The van der Waals surface area contributed by atoms with Crippen molar-refractivity contribution in [1.29, 1.82) is 0 Å². The molecule has 1 aromatic carbocycles. The molecule has 0 unspecified atom stereocenters. The molecule has 150 valence electrons. The van der Waals surface area contributed by atoms with Crippen LogP contribution < -0.4 is 11.3 Å². The van der Waals surface area contributed by atoms with Gasteiger partial charge in [-0.25, -0.2) is 15.0 Å². The number of amides is 1. The Bertz CT molecular complexity index is 1000. The minimum absolute atomic E-state index is 0.0289. The van der Waals surface area contributed by atoms with E-state index in [0.29, 0.717) is 36.7 Å². The topological polar surface area (TPSA) is 118 Å². The average molecular weight is 392 g/mol. The molecule has 1 amide bonds. The third kappa shape index (κ3) is 5.32. The van der Waals surface area contributed by atoms with Crippen molar-refractivity contribution in [3.05, 3.63) is 76.0 Å². The van der Waals surface area contributed by atoms with E-state index in [2.05, 4.69) is 19.9 Å². The lowest BCUT2D eigenvalue weighted by Crippen LogP contribution is -2.39. The molecule has 0 radical (unpaired) electrons. The van der Waals surface area contributed by atoms with Gasteiger partial charge >= 0.3 is 0 Å². The average Bonchev–Trinajstić information content (AvgIpc) is 2.74. The van der Waals surface area contributed by atoms with Crippen LogP contribution in [-0.4, -0.2) is 50.4 Å². The second kappa shape index (κ2) is 9.70. The summed E-state index contributed by atoms with van der Waals surface area (Å²) < 4.78 is 0. The second-order valence-electron chi connectivity index (χ2n) is 6.63. The molecule has 0 bridgehead atoms. The van der Waals surface area contributed by atoms with Gasteiger partial charge in [0, 0.05) is 43.3 Å². The molecule has 3 N–H and O–H groups in total. The molecule has 29 heavy (non-hydrogen) atoms. The van der Waals surface area contributed by atoms with Crippen molar-refractivity contribution in [2.75, 3.05) is 19.6 Å². The summed E-state index contributed by atoms with van der Waals surface area (Å²) in [6.45, 7) is 3.05. The molecule has 0 fully saturated rings. The number of benzene rings is 1. The van der Waals surface area contributed by atoms with E-state index in [1.165, 1.54) is 0 Å². The van der Waals surface area contributed by atoms with Gasteiger partial charge in [0.25, 0.3) is 5.56 Å². The Morgan fingerprint density at radius 3 is 2.48 bits per heavy atom. The van der Waals surface area contributed by atoms with Gasteiger partial charge in [0.2, 0.25) is 5.91 Å². The van der Waals surface area contributed by atoms with E-state index in [-0.39, 0.29) is 23.7 Å². The van der Waals surface area contributed by atoms with Gasteiger partial charge in [0.1, 0.15) is 0 Å². The summed E-state index contributed by atoms with van der Waals surface area (Å²) in [5, 5.41) is 0. The van der Waals surface area contributed by atoms with Crippen molar-refractivity contribution >= 4 is 5.91 Å². The highest BCUT2D eigenvalue weighted by molar-refractivity contribution is 5.79. The van der Waals surface area contributed by atoms with Gasteiger partial charge in [-0.15, -0.1) is 0 Å². The lowest BCUT2D eigenvalue weighted by molar-refractivity contribution is -0.130. The summed E-state index contributed by atoms with van der Waals surface area (Å²) in [6, 6.07) is 11.6. The monoisotopic (exact) mass is 392 g/mol. The molecule has 3 aromatic rings. The minimum Gasteiger partial charge on any atom is -0.341 e. The minimum atomic E-state index is -0.357. The van der Waals surface area contributed by atoms with Crippen LogP contribution in [0.5, 0.6) is 0 Å². The fourth-order valence-electron chi connectivity index (χ4n) is 3.03. The van der Waals surface area contributed by atoms with Crippen LogP contribution in [0.4, 0.5) is 0 Å². The van der Waals surface area contributed by atoms with Crippen LogP contribution in [0.15, 0.2) is 53.6 Å². The number of aromatic nitrogens is 4. The van der Waals surface area contributed by atoms with Crippen LogP contribution in [0.2, 0.25) is 0 Å². The van der Waals surface area contributed by atoms with Crippen molar-refractivity contribution in [3.63, 3.8) is 0 Å². The summed E-state index contributed by atoms with van der Waals surface area (Å²) in [4.78, 5) is 42.4. The Labute approximate surface area is 168 Å². The number of carbonyl (C=O) groups excluding carboxylic acids is 1. The Hall–Kier alpha value is -3.39. The number of carbonyl (C=O) groups is 1. The number of hydrogen-bond donors (Lipinski definition) is 2. The molecule has 2 heterocycles. The van der Waals surface area contributed by atoms with Crippen molar-refractivity contribution < 1.29 is 4.79 Å². The quantitative estimate of drug-likeness (QED) is 0.593. The Morgan fingerprint density at radius 1 is 1.10 bits per heavy atom. The van der Waals surface area contributed by atoms with Crippen LogP contribution in [0.1, 0.15) is 16.8 Å². The van der Waals surface area contributed by atoms with Gasteiger partial charge in [0.05, 0.1) is 6.42 Å². The lowest BCUT2D eigenvalue weighted by atomic mass is 10.1. The van der Waals surface area contributed by atoms with Crippen LogP contribution in [0, 0.1) is 6.92 Å². The number of aryl methyl sites for hydroxylation is 1. The molecule has 0 atom stereocenters. The van der Waals surface area contributed by atoms with E-state index in [4.69, 9.17) is 5.73 Å². The number of H-pyrrole nitrogens is 1. The van der Waals surface area contributed by atoms with Gasteiger partial charge in [-0.2, -0.15) is 0 Å². The van der Waals surface area contributed by atoms with E-state index in [0.717, 1.165) is 12.0 Å². The van der Waals surface area contributed by atoms with Gasteiger partial charge < -0.3 is 15.6 Å². The first-order chi connectivity index (χ1) is 14.1. The molecule has 0 saturated carbocycles. The van der Waals surface area contributed by atoms with E-state index < -0.39 is 0 Å². The zero-order chi connectivity index (χ0) is 20.6. The summed E-state index contributed by atoms with van der Waals surface area (Å²) in [7, 11) is 0. The highest BCUT2D eigenvalue weighted by Gasteiger charge is 2.18. The Morgan fingerprint density at radius 2 is 1.83 bits per heavy atom. The number of rotatable bonds is 8. The second-order valence-corrected chi connectivity index (χ2v) is 6.63. The zero-order valence-corrected chi connectivity index (χ0v) is 16.3. The van der Waals surface area contributed by atoms with E-state index >= 15 is 0 Å². The van der Waals surface area contributed by atoms with E-state index in [1.54, 1.807) is 30.3 Å². The van der Waals surface area contributed by atoms with Crippen molar-refractivity contribution in [3.8, 4) is 11.6 Å². The Kier molecular flexibility index (Phi) is 6.80. The predicted octanol–water partition coefficient (Wildman–Crippen LogP) is 1.11. The van der Waals surface area contributed by atoms with Crippen molar-refractivity contribution in [2.24, 2.45) is 5.73 Å². The number of nitrogens with two attached hydrogens (primary N) is 1. The summed E-state index contributed by atoms with van der Waals surface area (Å²) in [6.07, 6.45) is 3.85. The maximum absolute atomic E-state index is 12.8. The molecule has 3 rings (SSSR count). The third-order valence-corrected chi connectivity index (χ3v) is 4.59. The van der Waals surface area contributed by atoms with Gasteiger partial charge in [-0.05, 0) is 25.0 Å². The lowest BCUT2D eigenvalue weighted by Gasteiger charge is -2.22. The predicted molar refractivity (Wildman–Crippen MR) is 110 cm³/mol. The highest BCUT2D eigenvalue weighted by Crippen LogP contribution is 2.10.